The molecule has 0 heterocycles. The van der Waals surface area contributed by atoms with Crippen molar-refractivity contribution < 1.29 is 17.9 Å². The number of rotatable bonds is 5. The Hall–Kier alpha value is -2.06. The van der Waals surface area contributed by atoms with Crippen LogP contribution in [-0.2, 0) is 14.8 Å². The van der Waals surface area contributed by atoms with E-state index in [1.165, 1.54) is 32.2 Å². The van der Waals surface area contributed by atoms with Gasteiger partial charge >= 0.3 is 0 Å². The van der Waals surface area contributed by atoms with E-state index < -0.39 is 10.0 Å². The Bertz CT molecular complexity index is 837. The highest BCUT2D eigenvalue weighted by Gasteiger charge is 2.17. The molecule has 2 aromatic carbocycles. The number of halogens is 1. The molecular formula is C15H15BrN2O4S. The van der Waals surface area contributed by atoms with Crippen molar-refractivity contribution in [3.8, 4) is 5.75 Å². The zero-order valence-corrected chi connectivity index (χ0v) is 14.9. The quantitative estimate of drug-likeness (QED) is 0.809. The fraction of sp³-hybridized carbons (Fsp3) is 0.133. The molecule has 1 amide bonds. The summed E-state index contributed by atoms with van der Waals surface area (Å²) in [6.07, 6.45) is 0. The van der Waals surface area contributed by atoms with E-state index in [0.717, 1.165) is 0 Å². The number of carbonyl (C=O) groups excluding carboxylic acids is 1. The number of anilines is 2. The van der Waals surface area contributed by atoms with Crippen LogP contribution in [0.25, 0.3) is 0 Å². The lowest BCUT2D eigenvalue weighted by Crippen LogP contribution is -2.14. The molecular weight excluding hydrogens is 384 g/mol. The molecule has 6 nitrogen and oxygen atoms in total. The standard InChI is InChI=1S/C15H15BrN2O4S/c1-10(19)17-12-6-7-15(22-2)14(9-12)18-23(20,21)13-5-3-4-11(16)8-13/h3-9,18H,1-2H3,(H,17,19). The van der Waals surface area contributed by atoms with Crippen LogP contribution in [0.1, 0.15) is 6.92 Å². The molecule has 0 aromatic heterocycles. The van der Waals surface area contributed by atoms with Crippen molar-refractivity contribution in [2.24, 2.45) is 0 Å². The number of nitrogens with one attached hydrogen (secondary N) is 2. The van der Waals surface area contributed by atoms with Crippen LogP contribution in [0.15, 0.2) is 51.8 Å². The number of methoxy groups -OCH3 is 1. The van der Waals surface area contributed by atoms with E-state index in [-0.39, 0.29) is 16.5 Å². The third-order valence-electron chi connectivity index (χ3n) is 2.87. The number of hydrogen-bond donors (Lipinski definition) is 2. The average molecular weight is 399 g/mol. The first-order chi connectivity index (χ1) is 10.8. The van der Waals surface area contributed by atoms with Crippen LogP contribution in [-0.4, -0.2) is 21.4 Å². The van der Waals surface area contributed by atoms with Crippen LogP contribution >= 0.6 is 15.9 Å². The highest BCUT2D eigenvalue weighted by atomic mass is 79.9. The number of benzene rings is 2. The van der Waals surface area contributed by atoms with Crippen LogP contribution < -0.4 is 14.8 Å². The lowest BCUT2D eigenvalue weighted by molar-refractivity contribution is -0.114. The van der Waals surface area contributed by atoms with E-state index in [4.69, 9.17) is 4.74 Å². The molecule has 0 fully saturated rings. The van der Waals surface area contributed by atoms with Gasteiger partial charge < -0.3 is 10.1 Å². The van der Waals surface area contributed by atoms with E-state index in [0.29, 0.717) is 15.9 Å². The highest BCUT2D eigenvalue weighted by Crippen LogP contribution is 2.30. The van der Waals surface area contributed by atoms with E-state index in [2.05, 4.69) is 26.0 Å². The van der Waals surface area contributed by atoms with Gasteiger partial charge in [-0.15, -0.1) is 0 Å². The second-order valence-corrected chi connectivity index (χ2v) is 7.26. The van der Waals surface area contributed by atoms with Gasteiger partial charge in [-0.05, 0) is 36.4 Å². The summed E-state index contributed by atoms with van der Waals surface area (Å²) in [7, 11) is -2.35. The molecule has 0 bridgehead atoms. The maximum atomic E-state index is 12.5. The molecule has 0 saturated carbocycles. The Morgan fingerprint density at radius 3 is 2.52 bits per heavy atom. The minimum atomic E-state index is -3.79. The minimum Gasteiger partial charge on any atom is -0.495 e. The van der Waals surface area contributed by atoms with E-state index in [1.54, 1.807) is 24.3 Å². The van der Waals surface area contributed by atoms with Gasteiger partial charge in [-0.1, -0.05) is 22.0 Å². The molecule has 0 saturated heterocycles. The van der Waals surface area contributed by atoms with Crippen LogP contribution in [0.3, 0.4) is 0 Å². The second kappa shape index (κ2) is 7.01. The smallest absolute Gasteiger partial charge is 0.262 e. The van der Waals surface area contributed by atoms with E-state index >= 15 is 0 Å². The fourth-order valence-corrected chi connectivity index (χ4v) is 3.56. The molecule has 122 valence electrons. The van der Waals surface area contributed by atoms with Crippen molar-refractivity contribution in [2.75, 3.05) is 17.1 Å². The summed E-state index contributed by atoms with van der Waals surface area (Å²) >= 11 is 3.24. The zero-order valence-electron chi connectivity index (χ0n) is 12.5. The summed E-state index contributed by atoms with van der Waals surface area (Å²) in [5.74, 6) is 0.0913. The first-order valence-electron chi connectivity index (χ1n) is 6.56. The number of amides is 1. The number of ether oxygens (including phenoxy) is 1. The van der Waals surface area contributed by atoms with Gasteiger partial charge in [0, 0.05) is 17.1 Å². The summed E-state index contributed by atoms with van der Waals surface area (Å²) in [5, 5.41) is 2.59. The van der Waals surface area contributed by atoms with Crippen LogP contribution in [0, 0.1) is 0 Å². The molecule has 0 atom stereocenters. The Labute approximate surface area is 143 Å². The second-order valence-electron chi connectivity index (χ2n) is 4.66. The topological polar surface area (TPSA) is 84.5 Å². The predicted octanol–water partition coefficient (Wildman–Crippen LogP) is 3.22. The molecule has 0 aliphatic heterocycles. The fourth-order valence-electron chi connectivity index (χ4n) is 1.91. The van der Waals surface area contributed by atoms with E-state index in [1.807, 2.05) is 0 Å². The molecule has 0 radical (unpaired) electrons. The van der Waals surface area contributed by atoms with Crippen LogP contribution in [0.4, 0.5) is 11.4 Å². The normalized spacial score (nSPS) is 10.9. The monoisotopic (exact) mass is 398 g/mol. The van der Waals surface area contributed by atoms with Crippen molar-refractivity contribution in [2.45, 2.75) is 11.8 Å². The van der Waals surface area contributed by atoms with Crippen LogP contribution in [0.5, 0.6) is 5.75 Å². The first kappa shape index (κ1) is 17.3. The van der Waals surface area contributed by atoms with Gasteiger partial charge in [0.2, 0.25) is 5.91 Å². The van der Waals surface area contributed by atoms with Crippen molar-refractivity contribution in [3.63, 3.8) is 0 Å². The average Bonchev–Trinajstić information content (AvgIpc) is 2.46. The summed E-state index contributed by atoms with van der Waals surface area (Å²) in [6, 6.07) is 11.0. The number of hydrogen-bond acceptors (Lipinski definition) is 4. The van der Waals surface area contributed by atoms with Crippen molar-refractivity contribution in [1.82, 2.24) is 0 Å². The van der Waals surface area contributed by atoms with Gasteiger partial charge in [-0.2, -0.15) is 0 Å². The maximum absolute atomic E-state index is 12.5. The molecule has 2 N–H and O–H groups in total. The summed E-state index contributed by atoms with van der Waals surface area (Å²) < 4.78 is 33.2. The van der Waals surface area contributed by atoms with Gasteiger partial charge in [0.1, 0.15) is 5.75 Å². The SMILES string of the molecule is COc1ccc(NC(C)=O)cc1NS(=O)(=O)c1cccc(Br)c1. The molecule has 2 aromatic rings. The van der Waals surface area contributed by atoms with Gasteiger partial charge in [0.25, 0.3) is 10.0 Å². The van der Waals surface area contributed by atoms with Crippen molar-refractivity contribution >= 4 is 43.2 Å². The molecule has 8 heteroatoms. The Balaban J connectivity index is 2.39. The molecule has 0 aliphatic carbocycles. The minimum absolute atomic E-state index is 0.110. The number of carbonyl (C=O) groups is 1. The summed E-state index contributed by atoms with van der Waals surface area (Å²) in [4.78, 5) is 11.2. The lowest BCUT2D eigenvalue weighted by atomic mass is 10.2. The van der Waals surface area contributed by atoms with E-state index in [9.17, 15) is 13.2 Å². The maximum Gasteiger partial charge on any atom is 0.262 e. The van der Waals surface area contributed by atoms with Gasteiger partial charge in [-0.3, -0.25) is 9.52 Å². The molecule has 2 rings (SSSR count). The summed E-state index contributed by atoms with van der Waals surface area (Å²) in [6.45, 7) is 1.37. The predicted molar refractivity (Wildman–Crippen MR) is 92.2 cm³/mol. The third-order valence-corrected chi connectivity index (χ3v) is 4.73. The molecule has 0 spiro atoms. The Morgan fingerprint density at radius 1 is 1.17 bits per heavy atom. The zero-order chi connectivity index (χ0) is 17.0. The number of sulfonamides is 1. The largest absolute Gasteiger partial charge is 0.495 e. The molecule has 23 heavy (non-hydrogen) atoms. The third kappa shape index (κ3) is 4.46. The Kier molecular flexibility index (Phi) is 5.27. The van der Waals surface area contributed by atoms with Gasteiger partial charge in [0.15, 0.2) is 0 Å². The van der Waals surface area contributed by atoms with Crippen LogP contribution in [0.2, 0.25) is 0 Å². The van der Waals surface area contributed by atoms with Crippen molar-refractivity contribution in [1.29, 1.82) is 0 Å². The van der Waals surface area contributed by atoms with Crippen molar-refractivity contribution in [3.05, 3.63) is 46.9 Å². The Morgan fingerprint density at radius 2 is 1.91 bits per heavy atom. The highest BCUT2D eigenvalue weighted by molar-refractivity contribution is 9.10. The molecule has 0 unspecified atom stereocenters. The van der Waals surface area contributed by atoms with Gasteiger partial charge in [0.05, 0.1) is 17.7 Å². The lowest BCUT2D eigenvalue weighted by Gasteiger charge is -2.13. The van der Waals surface area contributed by atoms with Gasteiger partial charge in [-0.25, -0.2) is 8.42 Å². The molecule has 0 aliphatic rings. The summed E-state index contributed by atoms with van der Waals surface area (Å²) in [5.41, 5.74) is 0.698. The first-order valence-corrected chi connectivity index (χ1v) is 8.83.